The van der Waals surface area contributed by atoms with Gasteiger partial charge in [-0.05, 0) is 18.9 Å². The molecule has 0 aromatic carbocycles. The van der Waals surface area contributed by atoms with Gasteiger partial charge >= 0.3 is 0 Å². The Balaban J connectivity index is 1.46. The quantitative estimate of drug-likeness (QED) is 0.816. The van der Waals surface area contributed by atoms with Crippen molar-refractivity contribution < 1.29 is 9.53 Å². The maximum absolute atomic E-state index is 12.3. The molecule has 1 saturated heterocycles. The van der Waals surface area contributed by atoms with Crippen molar-refractivity contribution in [2.24, 2.45) is 0 Å². The summed E-state index contributed by atoms with van der Waals surface area (Å²) >= 11 is 0. The summed E-state index contributed by atoms with van der Waals surface area (Å²) in [5.74, 6) is 0.417. The summed E-state index contributed by atoms with van der Waals surface area (Å²) in [6, 6.07) is 1.96. The highest BCUT2D eigenvalue weighted by Gasteiger charge is 2.17. The van der Waals surface area contributed by atoms with Crippen LogP contribution in [-0.2, 0) is 4.74 Å². The van der Waals surface area contributed by atoms with Crippen LogP contribution in [-0.4, -0.2) is 66.2 Å². The number of hydrogen-bond donors (Lipinski definition) is 2. The summed E-state index contributed by atoms with van der Waals surface area (Å²) in [4.78, 5) is 23.2. The molecule has 0 spiro atoms. The largest absolute Gasteiger partial charge is 0.379 e. The first-order valence-corrected chi connectivity index (χ1v) is 8.99. The summed E-state index contributed by atoms with van der Waals surface area (Å²) in [5.41, 5.74) is 0.435. The van der Waals surface area contributed by atoms with Crippen LogP contribution in [0.25, 0.3) is 0 Å². The molecule has 24 heavy (non-hydrogen) atoms. The van der Waals surface area contributed by atoms with Gasteiger partial charge in [0.25, 0.3) is 5.91 Å². The van der Waals surface area contributed by atoms with Crippen molar-refractivity contribution in [1.29, 1.82) is 0 Å². The van der Waals surface area contributed by atoms with E-state index in [1.54, 1.807) is 12.3 Å². The fourth-order valence-corrected chi connectivity index (χ4v) is 3.23. The van der Waals surface area contributed by atoms with E-state index < -0.39 is 0 Å². The van der Waals surface area contributed by atoms with Gasteiger partial charge in [0.2, 0.25) is 5.95 Å². The molecular formula is C17H27N5O2. The number of nitrogens with zero attached hydrogens (tertiary/aromatic N) is 3. The molecule has 0 atom stereocenters. The molecule has 0 unspecified atom stereocenters. The average molecular weight is 333 g/mol. The lowest BCUT2D eigenvalue weighted by Crippen LogP contribution is -2.39. The fourth-order valence-electron chi connectivity index (χ4n) is 3.23. The fraction of sp³-hybridized carbons (Fsp3) is 0.706. The van der Waals surface area contributed by atoms with Gasteiger partial charge in [0.15, 0.2) is 0 Å². The van der Waals surface area contributed by atoms with Gasteiger partial charge < -0.3 is 15.4 Å². The van der Waals surface area contributed by atoms with E-state index in [1.165, 1.54) is 19.3 Å². The standard InChI is InChI=1S/C17H27N5O2/c23-16(20-14-4-2-1-3-5-14)15-6-7-18-17(21-15)19-8-9-22-10-12-24-13-11-22/h6-7,14H,1-5,8-13H2,(H,20,23)(H,18,19,21). The molecule has 0 bridgehead atoms. The summed E-state index contributed by atoms with van der Waals surface area (Å²) in [6.45, 7) is 5.21. The first-order chi connectivity index (χ1) is 11.8. The third-order valence-corrected chi connectivity index (χ3v) is 4.64. The molecule has 0 radical (unpaired) electrons. The number of ether oxygens (including phenoxy) is 1. The molecule has 2 N–H and O–H groups in total. The molecular weight excluding hydrogens is 306 g/mol. The zero-order valence-electron chi connectivity index (χ0n) is 14.2. The van der Waals surface area contributed by atoms with Crippen LogP contribution in [0.1, 0.15) is 42.6 Å². The second-order valence-electron chi connectivity index (χ2n) is 6.45. The SMILES string of the molecule is O=C(NC1CCCCC1)c1ccnc(NCCN2CCOCC2)n1. The molecule has 1 aliphatic heterocycles. The van der Waals surface area contributed by atoms with E-state index in [2.05, 4.69) is 25.5 Å². The third-order valence-electron chi connectivity index (χ3n) is 4.64. The summed E-state index contributed by atoms with van der Waals surface area (Å²) in [7, 11) is 0. The van der Waals surface area contributed by atoms with Crippen molar-refractivity contribution in [2.75, 3.05) is 44.7 Å². The molecule has 3 rings (SSSR count). The Morgan fingerprint density at radius 2 is 2.04 bits per heavy atom. The number of nitrogens with one attached hydrogen (secondary N) is 2. The average Bonchev–Trinajstić information content (AvgIpc) is 2.64. The van der Waals surface area contributed by atoms with Crippen molar-refractivity contribution in [3.8, 4) is 0 Å². The van der Waals surface area contributed by atoms with Gasteiger partial charge in [-0.2, -0.15) is 0 Å². The number of anilines is 1. The maximum Gasteiger partial charge on any atom is 0.270 e. The van der Waals surface area contributed by atoms with Crippen LogP contribution >= 0.6 is 0 Å². The Labute approximate surface area is 143 Å². The highest BCUT2D eigenvalue weighted by Crippen LogP contribution is 2.17. The number of rotatable bonds is 6. The normalized spacial score (nSPS) is 19.8. The van der Waals surface area contributed by atoms with Crippen molar-refractivity contribution >= 4 is 11.9 Å². The van der Waals surface area contributed by atoms with E-state index in [1.807, 2.05) is 0 Å². The van der Waals surface area contributed by atoms with Crippen LogP contribution in [0, 0.1) is 0 Å². The predicted octanol–water partition coefficient (Wildman–Crippen LogP) is 1.28. The second-order valence-corrected chi connectivity index (χ2v) is 6.45. The van der Waals surface area contributed by atoms with Gasteiger partial charge in [-0.3, -0.25) is 9.69 Å². The van der Waals surface area contributed by atoms with Gasteiger partial charge in [-0.15, -0.1) is 0 Å². The monoisotopic (exact) mass is 333 g/mol. The first-order valence-electron chi connectivity index (χ1n) is 8.99. The zero-order chi connectivity index (χ0) is 16.6. The smallest absolute Gasteiger partial charge is 0.270 e. The van der Waals surface area contributed by atoms with Gasteiger partial charge in [0, 0.05) is 38.4 Å². The molecule has 2 fully saturated rings. The number of aromatic nitrogens is 2. The molecule has 1 amide bonds. The molecule has 7 nitrogen and oxygen atoms in total. The third kappa shape index (κ3) is 5.14. The Hall–Kier alpha value is -1.73. The molecule has 1 aromatic rings. The number of morpholine rings is 1. The highest BCUT2D eigenvalue weighted by atomic mass is 16.5. The van der Waals surface area contributed by atoms with Crippen molar-refractivity contribution in [3.05, 3.63) is 18.0 Å². The van der Waals surface area contributed by atoms with Crippen LogP contribution in [0.4, 0.5) is 5.95 Å². The Bertz CT molecular complexity index is 527. The predicted molar refractivity (Wildman–Crippen MR) is 92.1 cm³/mol. The van der Waals surface area contributed by atoms with E-state index in [0.29, 0.717) is 17.7 Å². The lowest BCUT2D eigenvalue weighted by molar-refractivity contribution is 0.0398. The van der Waals surface area contributed by atoms with E-state index in [0.717, 1.165) is 52.2 Å². The molecule has 1 saturated carbocycles. The number of amides is 1. The van der Waals surface area contributed by atoms with Gasteiger partial charge in [0.1, 0.15) is 5.69 Å². The zero-order valence-corrected chi connectivity index (χ0v) is 14.2. The van der Waals surface area contributed by atoms with Gasteiger partial charge in [0.05, 0.1) is 13.2 Å². The number of carbonyl (C=O) groups excluding carboxylic acids is 1. The minimum Gasteiger partial charge on any atom is -0.379 e. The Morgan fingerprint density at radius 3 is 2.83 bits per heavy atom. The second kappa shape index (κ2) is 8.94. The lowest BCUT2D eigenvalue weighted by Gasteiger charge is -2.26. The van der Waals surface area contributed by atoms with Crippen LogP contribution in [0.2, 0.25) is 0 Å². The summed E-state index contributed by atoms with van der Waals surface area (Å²) < 4.78 is 5.34. The summed E-state index contributed by atoms with van der Waals surface area (Å²) in [5, 5.41) is 6.30. The van der Waals surface area contributed by atoms with Gasteiger partial charge in [-0.1, -0.05) is 19.3 Å². The number of hydrogen-bond acceptors (Lipinski definition) is 6. The van der Waals surface area contributed by atoms with Gasteiger partial charge in [-0.25, -0.2) is 9.97 Å². The van der Waals surface area contributed by atoms with E-state index in [4.69, 9.17) is 4.74 Å². The Morgan fingerprint density at radius 1 is 1.25 bits per heavy atom. The Kier molecular flexibility index (Phi) is 6.37. The molecule has 1 aliphatic carbocycles. The molecule has 2 heterocycles. The van der Waals surface area contributed by atoms with E-state index >= 15 is 0 Å². The molecule has 1 aromatic heterocycles. The van der Waals surface area contributed by atoms with E-state index in [-0.39, 0.29) is 5.91 Å². The van der Waals surface area contributed by atoms with Crippen LogP contribution in [0.3, 0.4) is 0 Å². The van der Waals surface area contributed by atoms with Crippen LogP contribution in [0.15, 0.2) is 12.3 Å². The topological polar surface area (TPSA) is 79.4 Å². The minimum atomic E-state index is -0.0967. The minimum absolute atomic E-state index is 0.0967. The highest BCUT2D eigenvalue weighted by molar-refractivity contribution is 5.92. The lowest BCUT2D eigenvalue weighted by atomic mass is 9.95. The van der Waals surface area contributed by atoms with Crippen molar-refractivity contribution in [3.63, 3.8) is 0 Å². The molecule has 7 heteroatoms. The van der Waals surface area contributed by atoms with Crippen molar-refractivity contribution in [2.45, 2.75) is 38.1 Å². The van der Waals surface area contributed by atoms with E-state index in [9.17, 15) is 4.79 Å². The first kappa shape index (κ1) is 17.1. The maximum atomic E-state index is 12.3. The van der Waals surface area contributed by atoms with Crippen LogP contribution in [0.5, 0.6) is 0 Å². The van der Waals surface area contributed by atoms with Crippen LogP contribution < -0.4 is 10.6 Å². The summed E-state index contributed by atoms with van der Waals surface area (Å²) in [6.07, 6.45) is 7.45. The molecule has 2 aliphatic rings. The molecule has 132 valence electrons. The van der Waals surface area contributed by atoms with Crippen molar-refractivity contribution in [1.82, 2.24) is 20.2 Å². The number of carbonyl (C=O) groups is 1.